The highest BCUT2D eigenvalue weighted by Gasteiger charge is 2.15. The van der Waals surface area contributed by atoms with Crippen LogP contribution in [0.15, 0.2) is 105 Å². The predicted octanol–water partition coefficient (Wildman–Crippen LogP) is 5.53. The Balaban J connectivity index is 2.07. The van der Waals surface area contributed by atoms with E-state index in [0.29, 0.717) is 11.1 Å². The minimum atomic E-state index is -0.769. The fourth-order valence-corrected chi connectivity index (χ4v) is 3.26. The molecule has 0 N–H and O–H groups in total. The second-order valence-electron chi connectivity index (χ2n) is 7.58. The van der Waals surface area contributed by atoms with Gasteiger partial charge in [0.25, 0.3) is 0 Å². The van der Waals surface area contributed by atoms with Crippen LogP contribution >= 0.6 is 0 Å². The normalized spacial score (nSPS) is 9.97. The zero-order valence-corrected chi connectivity index (χ0v) is 20.5. The Labute approximate surface area is 222 Å². The SMILES string of the molecule is C=CC(=O)Oc1cc(OC(=O)C=C)cc(-c2ccc(-c3cc(OC(=O)C=C)cc(OC(=O)C=C)c3)c(F)c2)c1. The molecule has 3 aromatic carbocycles. The van der Waals surface area contributed by atoms with Crippen LogP contribution in [0.3, 0.4) is 0 Å². The van der Waals surface area contributed by atoms with Crippen molar-refractivity contribution < 1.29 is 42.5 Å². The van der Waals surface area contributed by atoms with Gasteiger partial charge in [0.05, 0.1) is 0 Å². The maximum absolute atomic E-state index is 15.4. The number of hydrogen-bond donors (Lipinski definition) is 0. The summed E-state index contributed by atoms with van der Waals surface area (Å²) in [6.45, 7) is 13.3. The molecule has 0 atom stereocenters. The van der Waals surface area contributed by atoms with E-state index in [2.05, 4.69) is 26.3 Å². The number of carbonyl (C=O) groups excluding carboxylic acids is 4. The number of ether oxygens (including phenoxy) is 4. The number of hydrogen-bond acceptors (Lipinski definition) is 8. The molecule has 0 spiro atoms. The summed E-state index contributed by atoms with van der Waals surface area (Å²) < 4.78 is 36.0. The monoisotopic (exact) mass is 528 g/mol. The minimum Gasteiger partial charge on any atom is -0.423 e. The van der Waals surface area contributed by atoms with Gasteiger partial charge in [0.2, 0.25) is 0 Å². The van der Waals surface area contributed by atoms with Crippen LogP contribution in [0.5, 0.6) is 23.0 Å². The van der Waals surface area contributed by atoms with Crippen molar-refractivity contribution in [3.63, 3.8) is 0 Å². The fraction of sp³-hybridized carbons (Fsp3) is 0. The van der Waals surface area contributed by atoms with Gasteiger partial charge in [-0.15, -0.1) is 0 Å². The second kappa shape index (κ2) is 12.6. The lowest BCUT2D eigenvalue weighted by molar-refractivity contribution is -0.130. The van der Waals surface area contributed by atoms with Gasteiger partial charge in [-0.05, 0) is 47.0 Å². The lowest BCUT2D eigenvalue weighted by Gasteiger charge is -2.12. The van der Waals surface area contributed by atoms with E-state index in [9.17, 15) is 19.2 Å². The fourth-order valence-electron chi connectivity index (χ4n) is 3.26. The maximum atomic E-state index is 15.4. The quantitative estimate of drug-likeness (QED) is 0.192. The first-order chi connectivity index (χ1) is 18.6. The molecular weight excluding hydrogens is 507 g/mol. The van der Waals surface area contributed by atoms with Crippen molar-refractivity contribution in [3.8, 4) is 45.3 Å². The predicted molar refractivity (Wildman–Crippen MR) is 141 cm³/mol. The topological polar surface area (TPSA) is 105 Å². The summed E-state index contributed by atoms with van der Waals surface area (Å²) in [5.74, 6) is -3.71. The van der Waals surface area contributed by atoms with Crippen molar-refractivity contribution in [2.45, 2.75) is 0 Å². The Kier molecular flexibility index (Phi) is 9.05. The third-order valence-electron chi connectivity index (χ3n) is 4.91. The number of carbonyl (C=O) groups is 4. The van der Waals surface area contributed by atoms with Gasteiger partial charge in [-0.1, -0.05) is 38.4 Å². The molecule has 3 aromatic rings. The highest BCUT2D eigenvalue weighted by molar-refractivity contribution is 5.87. The van der Waals surface area contributed by atoms with E-state index in [4.69, 9.17) is 18.9 Å². The van der Waals surface area contributed by atoms with Crippen molar-refractivity contribution in [3.05, 3.63) is 111 Å². The molecule has 0 unspecified atom stereocenters. The van der Waals surface area contributed by atoms with Crippen molar-refractivity contribution >= 4 is 23.9 Å². The summed E-state index contributed by atoms with van der Waals surface area (Å²) in [6, 6.07) is 12.4. The highest BCUT2D eigenvalue weighted by Crippen LogP contribution is 2.35. The lowest BCUT2D eigenvalue weighted by Crippen LogP contribution is -2.06. The van der Waals surface area contributed by atoms with E-state index >= 15 is 4.39 Å². The Hall–Kier alpha value is -5.57. The summed E-state index contributed by atoms with van der Waals surface area (Å²) in [7, 11) is 0. The third-order valence-corrected chi connectivity index (χ3v) is 4.91. The van der Waals surface area contributed by atoms with E-state index in [-0.39, 0.29) is 34.1 Å². The van der Waals surface area contributed by atoms with Gasteiger partial charge in [0.15, 0.2) is 0 Å². The van der Waals surface area contributed by atoms with E-state index in [0.717, 1.165) is 24.3 Å². The molecule has 0 fully saturated rings. The largest absolute Gasteiger partial charge is 0.423 e. The van der Waals surface area contributed by atoms with Gasteiger partial charge < -0.3 is 18.9 Å². The van der Waals surface area contributed by atoms with Gasteiger partial charge in [-0.25, -0.2) is 23.6 Å². The Morgan fingerprint density at radius 1 is 0.513 bits per heavy atom. The zero-order chi connectivity index (χ0) is 28.5. The van der Waals surface area contributed by atoms with Crippen molar-refractivity contribution in [1.29, 1.82) is 0 Å². The Morgan fingerprint density at radius 2 is 0.872 bits per heavy atom. The standard InChI is InChI=1S/C30H21FO8/c1-5-27(32)36-21-11-19(12-22(16-21)37-28(33)6-2)18-9-10-25(26(31)15-18)20-13-23(38-29(34)7-3)17-24(14-20)39-30(35)8-4/h5-17H,1-4H2. The molecule has 0 aliphatic rings. The van der Waals surface area contributed by atoms with Crippen LogP contribution in [-0.2, 0) is 19.2 Å². The number of rotatable bonds is 10. The van der Waals surface area contributed by atoms with Gasteiger partial charge >= 0.3 is 23.9 Å². The molecule has 0 amide bonds. The number of esters is 4. The van der Waals surface area contributed by atoms with E-state index in [1.54, 1.807) is 6.07 Å². The molecule has 0 radical (unpaired) electrons. The first kappa shape index (κ1) is 28.0. The van der Waals surface area contributed by atoms with Crippen LogP contribution < -0.4 is 18.9 Å². The molecule has 39 heavy (non-hydrogen) atoms. The molecule has 0 saturated carbocycles. The van der Waals surface area contributed by atoms with Crippen LogP contribution in [0.25, 0.3) is 22.3 Å². The molecule has 0 heterocycles. The first-order valence-corrected chi connectivity index (χ1v) is 11.1. The van der Waals surface area contributed by atoms with Crippen LogP contribution in [-0.4, -0.2) is 23.9 Å². The number of halogens is 1. The number of benzene rings is 3. The van der Waals surface area contributed by atoms with Gasteiger partial charge in [0.1, 0.15) is 28.8 Å². The van der Waals surface area contributed by atoms with Crippen molar-refractivity contribution in [1.82, 2.24) is 0 Å². The molecule has 8 nitrogen and oxygen atoms in total. The van der Waals surface area contributed by atoms with Crippen LogP contribution in [0, 0.1) is 5.82 Å². The van der Waals surface area contributed by atoms with E-state index < -0.39 is 29.7 Å². The van der Waals surface area contributed by atoms with Gasteiger partial charge in [0, 0.05) is 42.0 Å². The maximum Gasteiger partial charge on any atom is 0.335 e. The zero-order valence-electron chi connectivity index (χ0n) is 20.5. The summed E-state index contributed by atoms with van der Waals surface area (Å²) in [4.78, 5) is 46.8. The summed E-state index contributed by atoms with van der Waals surface area (Å²) in [6.07, 6.45) is 3.80. The molecule has 0 saturated heterocycles. The average Bonchev–Trinajstić information content (AvgIpc) is 2.92. The molecule has 9 heteroatoms. The smallest absolute Gasteiger partial charge is 0.335 e. The Bertz CT molecular complexity index is 1440. The molecule has 0 aromatic heterocycles. The minimum absolute atomic E-state index is 0.0156. The van der Waals surface area contributed by atoms with Crippen LogP contribution in [0.1, 0.15) is 0 Å². The Morgan fingerprint density at radius 3 is 1.21 bits per heavy atom. The van der Waals surface area contributed by atoms with E-state index in [1.165, 1.54) is 48.5 Å². The van der Waals surface area contributed by atoms with Crippen LogP contribution in [0.4, 0.5) is 4.39 Å². The highest BCUT2D eigenvalue weighted by atomic mass is 19.1. The second-order valence-corrected chi connectivity index (χ2v) is 7.58. The molecule has 0 bridgehead atoms. The summed E-state index contributed by atoms with van der Waals surface area (Å²) in [5.41, 5.74) is 1.01. The molecule has 196 valence electrons. The molecule has 3 rings (SSSR count). The first-order valence-electron chi connectivity index (χ1n) is 11.1. The van der Waals surface area contributed by atoms with Crippen LogP contribution in [0.2, 0.25) is 0 Å². The van der Waals surface area contributed by atoms with Gasteiger partial charge in [-0.3, -0.25) is 0 Å². The van der Waals surface area contributed by atoms with Crippen molar-refractivity contribution in [2.75, 3.05) is 0 Å². The lowest BCUT2D eigenvalue weighted by atomic mass is 9.99. The van der Waals surface area contributed by atoms with Crippen molar-refractivity contribution in [2.24, 2.45) is 0 Å². The summed E-state index contributed by atoms with van der Waals surface area (Å²) in [5, 5.41) is 0. The van der Waals surface area contributed by atoms with E-state index in [1.807, 2.05) is 0 Å². The third kappa shape index (κ3) is 7.46. The molecular formula is C30H21FO8. The average molecular weight is 528 g/mol. The summed E-state index contributed by atoms with van der Waals surface area (Å²) >= 11 is 0. The molecule has 0 aliphatic heterocycles. The molecule has 0 aliphatic carbocycles. The van der Waals surface area contributed by atoms with Gasteiger partial charge in [-0.2, -0.15) is 0 Å².